The van der Waals surface area contributed by atoms with Crippen LogP contribution in [-0.2, 0) is 4.79 Å². The van der Waals surface area contributed by atoms with Crippen molar-refractivity contribution in [1.29, 1.82) is 0 Å². The SMILES string of the molecule is C[C@@H](O)c1cccc(OCC(=O)N2CCCCCC2)c1. The molecule has 2 rings (SSSR count). The lowest BCUT2D eigenvalue weighted by atomic mass is 10.1. The van der Waals surface area contributed by atoms with Gasteiger partial charge in [0.25, 0.3) is 5.91 Å². The molecule has 1 aromatic rings. The zero-order valence-electron chi connectivity index (χ0n) is 12.0. The van der Waals surface area contributed by atoms with E-state index in [0.717, 1.165) is 31.5 Å². The van der Waals surface area contributed by atoms with Crippen molar-refractivity contribution in [2.75, 3.05) is 19.7 Å². The molecule has 0 radical (unpaired) electrons. The van der Waals surface area contributed by atoms with E-state index in [-0.39, 0.29) is 12.5 Å². The Labute approximate surface area is 120 Å². The monoisotopic (exact) mass is 277 g/mol. The third kappa shape index (κ3) is 4.23. The van der Waals surface area contributed by atoms with Crippen LogP contribution < -0.4 is 4.74 Å². The summed E-state index contributed by atoms with van der Waals surface area (Å²) in [4.78, 5) is 14.0. The van der Waals surface area contributed by atoms with Gasteiger partial charge in [-0.3, -0.25) is 4.79 Å². The first kappa shape index (κ1) is 14.9. The van der Waals surface area contributed by atoms with Gasteiger partial charge in [0.05, 0.1) is 6.10 Å². The van der Waals surface area contributed by atoms with Crippen LogP contribution in [0.15, 0.2) is 24.3 Å². The van der Waals surface area contributed by atoms with Crippen molar-refractivity contribution in [3.8, 4) is 5.75 Å². The number of rotatable bonds is 4. The van der Waals surface area contributed by atoms with E-state index in [1.165, 1.54) is 12.8 Å². The second-order valence-electron chi connectivity index (χ2n) is 5.33. The van der Waals surface area contributed by atoms with Crippen molar-refractivity contribution in [3.05, 3.63) is 29.8 Å². The summed E-state index contributed by atoms with van der Waals surface area (Å²) in [7, 11) is 0. The van der Waals surface area contributed by atoms with E-state index < -0.39 is 6.10 Å². The maximum Gasteiger partial charge on any atom is 0.260 e. The van der Waals surface area contributed by atoms with Crippen LogP contribution in [0.1, 0.15) is 44.3 Å². The third-order valence-electron chi connectivity index (χ3n) is 3.66. The molecule has 1 saturated heterocycles. The van der Waals surface area contributed by atoms with Gasteiger partial charge in [-0.1, -0.05) is 25.0 Å². The van der Waals surface area contributed by atoms with Gasteiger partial charge in [0, 0.05) is 13.1 Å². The zero-order valence-corrected chi connectivity index (χ0v) is 12.0. The molecule has 1 aromatic carbocycles. The van der Waals surface area contributed by atoms with Gasteiger partial charge < -0.3 is 14.7 Å². The molecule has 0 saturated carbocycles. The number of carbonyl (C=O) groups is 1. The molecule has 1 heterocycles. The second-order valence-corrected chi connectivity index (χ2v) is 5.33. The molecule has 1 aliphatic heterocycles. The quantitative estimate of drug-likeness (QED) is 0.920. The summed E-state index contributed by atoms with van der Waals surface area (Å²) in [6, 6.07) is 7.25. The Bertz CT molecular complexity index is 437. The fourth-order valence-electron chi connectivity index (χ4n) is 2.42. The minimum Gasteiger partial charge on any atom is -0.484 e. The summed E-state index contributed by atoms with van der Waals surface area (Å²) in [6.45, 7) is 3.47. The largest absolute Gasteiger partial charge is 0.484 e. The van der Waals surface area contributed by atoms with E-state index in [9.17, 15) is 9.90 Å². The molecule has 1 N–H and O–H groups in total. The highest BCUT2D eigenvalue weighted by atomic mass is 16.5. The Morgan fingerprint density at radius 1 is 1.30 bits per heavy atom. The molecule has 4 heteroatoms. The lowest BCUT2D eigenvalue weighted by Crippen LogP contribution is -2.35. The molecular formula is C16H23NO3. The van der Waals surface area contributed by atoms with Gasteiger partial charge >= 0.3 is 0 Å². The number of nitrogens with zero attached hydrogens (tertiary/aromatic N) is 1. The first-order chi connectivity index (χ1) is 9.66. The Kier molecular flexibility index (Phi) is 5.41. The highest BCUT2D eigenvalue weighted by Gasteiger charge is 2.15. The van der Waals surface area contributed by atoms with E-state index >= 15 is 0 Å². The van der Waals surface area contributed by atoms with E-state index in [1.54, 1.807) is 13.0 Å². The maximum atomic E-state index is 12.1. The molecule has 0 aliphatic carbocycles. The summed E-state index contributed by atoms with van der Waals surface area (Å²) in [6.07, 6.45) is 4.06. The summed E-state index contributed by atoms with van der Waals surface area (Å²) < 4.78 is 5.55. The van der Waals surface area contributed by atoms with E-state index in [1.807, 2.05) is 23.1 Å². The van der Waals surface area contributed by atoms with Gasteiger partial charge in [-0.2, -0.15) is 0 Å². The molecule has 110 valence electrons. The normalized spacial score (nSPS) is 17.4. The fraction of sp³-hybridized carbons (Fsp3) is 0.562. The Morgan fingerprint density at radius 3 is 2.65 bits per heavy atom. The van der Waals surface area contributed by atoms with Gasteiger partial charge in [0.15, 0.2) is 6.61 Å². The third-order valence-corrected chi connectivity index (χ3v) is 3.66. The number of hydrogen-bond acceptors (Lipinski definition) is 3. The number of amides is 1. The van der Waals surface area contributed by atoms with Crippen LogP contribution in [0.5, 0.6) is 5.75 Å². The summed E-state index contributed by atoms with van der Waals surface area (Å²) >= 11 is 0. The Balaban J connectivity index is 1.87. The van der Waals surface area contributed by atoms with Crippen molar-refractivity contribution in [1.82, 2.24) is 4.90 Å². The number of ether oxygens (including phenoxy) is 1. The molecule has 0 spiro atoms. The van der Waals surface area contributed by atoms with Crippen molar-refractivity contribution < 1.29 is 14.6 Å². The average Bonchev–Trinajstić information content (AvgIpc) is 2.74. The first-order valence-corrected chi connectivity index (χ1v) is 7.35. The Morgan fingerprint density at radius 2 is 2.00 bits per heavy atom. The average molecular weight is 277 g/mol. The smallest absolute Gasteiger partial charge is 0.260 e. The van der Waals surface area contributed by atoms with Crippen LogP contribution in [0.2, 0.25) is 0 Å². The van der Waals surface area contributed by atoms with Gasteiger partial charge in [0.2, 0.25) is 0 Å². The minimum absolute atomic E-state index is 0.0503. The van der Waals surface area contributed by atoms with Crippen molar-refractivity contribution in [3.63, 3.8) is 0 Å². The molecule has 1 atom stereocenters. The van der Waals surface area contributed by atoms with Crippen LogP contribution in [0.3, 0.4) is 0 Å². The van der Waals surface area contributed by atoms with E-state index in [2.05, 4.69) is 0 Å². The van der Waals surface area contributed by atoms with Crippen LogP contribution in [0.4, 0.5) is 0 Å². The van der Waals surface area contributed by atoms with Crippen LogP contribution in [0.25, 0.3) is 0 Å². The van der Waals surface area contributed by atoms with E-state index in [4.69, 9.17) is 4.74 Å². The van der Waals surface area contributed by atoms with Crippen LogP contribution >= 0.6 is 0 Å². The molecule has 4 nitrogen and oxygen atoms in total. The molecule has 0 unspecified atom stereocenters. The highest BCUT2D eigenvalue weighted by Crippen LogP contribution is 2.19. The second kappa shape index (κ2) is 7.29. The van der Waals surface area contributed by atoms with Gasteiger partial charge in [-0.05, 0) is 37.5 Å². The molecule has 0 aromatic heterocycles. The number of aliphatic hydroxyl groups is 1. The molecule has 0 bridgehead atoms. The zero-order chi connectivity index (χ0) is 14.4. The van der Waals surface area contributed by atoms with Gasteiger partial charge in [-0.25, -0.2) is 0 Å². The van der Waals surface area contributed by atoms with Gasteiger partial charge in [-0.15, -0.1) is 0 Å². The fourth-order valence-corrected chi connectivity index (χ4v) is 2.42. The number of aliphatic hydroxyl groups excluding tert-OH is 1. The summed E-state index contributed by atoms with van der Waals surface area (Å²) in [5.74, 6) is 0.681. The van der Waals surface area contributed by atoms with Crippen molar-refractivity contribution in [2.45, 2.75) is 38.7 Å². The Hall–Kier alpha value is -1.55. The van der Waals surface area contributed by atoms with Crippen molar-refractivity contribution in [2.24, 2.45) is 0 Å². The lowest BCUT2D eigenvalue weighted by molar-refractivity contribution is -0.133. The number of carbonyl (C=O) groups excluding carboxylic acids is 1. The highest BCUT2D eigenvalue weighted by molar-refractivity contribution is 5.77. The topological polar surface area (TPSA) is 49.8 Å². The number of benzene rings is 1. The summed E-state index contributed by atoms with van der Waals surface area (Å²) in [5, 5.41) is 9.53. The number of likely N-dealkylation sites (tertiary alicyclic amines) is 1. The molecular weight excluding hydrogens is 254 g/mol. The van der Waals surface area contributed by atoms with Gasteiger partial charge in [0.1, 0.15) is 5.75 Å². The summed E-state index contributed by atoms with van der Waals surface area (Å²) in [5.41, 5.74) is 0.796. The lowest BCUT2D eigenvalue weighted by Gasteiger charge is -2.20. The van der Waals surface area contributed by atoms with Crippen LogP contribution in [-0.4, -0.2) is 35.6 Å². The van der Waals surface area contributed by atoms with Crippen molar-refractivity contribution >= 4 is 5.91 Å². The maximum absolute atomic E-state index is 12.1. The predicted octanol–water partition coefficient (Wildman–Crippen LogP) is 2.52. The molecule has 20 heavy (non-hydrogen) atoms. The molecule has 1 aliphatic rings. The minimum atomic E-state index is -0.528. The van der Waals surface area contributed by atoms with E-state index in [0.29, 0.717) is 5.75 Å². The molecule has 1 amide bonds. The van der Waals surface area contributed by atoms with Crippen LogP contribution in [0, 0.1) is 0 Å². The molecule has 1 fully saturated rings. The standard InChI is InChI=1S/C16H23NO3/c1-13(18)14-7-6-8-15(11-14)20-12-16(19)17-9-4-2-3-5-10-17/h6-8,11,13,18H,2-5,9-10,12H2,1H3/t13-/m1/s1. The first-order valence-electron chi connectivity index (χ1n) is 7.35. The number of hydrogen-bond donors (Lipinski definition) is 1. The predicted molar refractivity (Wildman–Crippen MR) is 77.6 cm³/mol.